The molecular formula is C23H25F3N4S. The highest BCUT2D eigenvalue weighted by Gasteiger charge is 2.24. The van der Waals surface area contributed by atoms with Gasteiger partial charge in [0.15, 0.2) is 0 Å². The summed E-state index contributed by atoms with van der Waals surface area (Å²) in [5.41, 5.74) is 1.39. The molecule has 0 radical (unpaired) electrons. The number of halogens is 3. The molecule has 0 amide bonds. The highest BCUT2D eigenvalue weighted by molar-refractivity contribution is 7.19. The number of thiophene rings is 1. The summed E-state index contributed by atoms with van der Waals surface area (Å²) < 4.78 is 40.8. The lowest BCUT2D eigenvalue weighted by Crippen LogP contribution is -2.40. The highest BCUT2D eigenvalue weighted by atomic mass is 32.1. The van der Waals surface area contributed by atoms with Gasteiger partial charge in [-0.05, 0) is 50.5 Å². The van der Waals surface area contributed by atoms with E-state index in [1.54, 1.807) is 17.7 Å². The summed E-state index contributed by atoms with van der Waals surface area (Å²) in [5.74, 6) is -1.54. The fourth-order valence-corrected chi connectivity index (χ4v) is 6.00. The second kappa shape index (κ2) is 8.74. The van der Waals surface area contributed by atoms with Crippen molar-refractivity contribution in [1.29, 1.82) is 0 Å². The minimum Gasteiger partial charge on any atom is -0.367 e. The molecule has 1 N–H and O–H groups in total. The van der Waals surface area contributed by atoms with Gasteiger partial charge in [0.2, 0.25) is 0 Å². The molecule has 1 fully saturated rings. The summed E-state index contributed by atoms with van der Waals surface area (Å²) in [4.78, 5) is 13.8. The predicted molar refractivity (Wildman–Crippen MR) is 117 cm³/mol. The molecule has 0 atom stereocenters. The molecule has 1 aliphatic heterocycles. The minimum absolute atomic E-state index is 0.0349. The van der Waals surface area contributed by atoms with Crippen LogP contribution in [0.3, 0.4) is 0 Å². The monoisotopic (exact) mass is 446 g/mol. The molecule has 0 saturated carbocycles. The molecule has 1 aliphatic carbocycles. The van der Waals surface area contributed by atoms with Gasteiger partial charge in [-0.3, -0.25) is 0 Å². The van der Waals surface area contributed by atoms with Crippen LogP contribution >= 0.6 is 11.3 Å². The lowest BCUT2D eigenvalue weighted by atomic mass is 9.96. The SMILES string of the molecule is Fc1cc(F)c(CCN2CCC(Nc3ncnc4sc5c(c34)CCCC5)CC2)c(F)c1. The van der Waals surface area contributed by atoms with Crippen LogP contribution in [0.1, 0.15) is 41.7 Å². The highest BCUT2D eigenvalue weighted by Crippen LogP contribution is 2.38. The van der Waals surface area contributed by atoms with Crippen molar-refractivity contribution >= 4 is 27.4 Å². The van der Waals surface area contributed by atoms with Crippen molar-refractivity contribution in [3.63, 3.8) is 0 Å². The van der Waals surface area contributed by atoms with Gasteiger partial charge in [0.25, 0.3) is 0 Å². The molecule has 2 aromatic heterocycles. The number of nitrogens with one attached hydrogen (secondary N) is 1. The lowest BCUT2D eigenvalue weighted by molar-refractivity contribution is 0.220. The average Bonchev–Trinajstić information content (AvgIpc) is 3.14. The molecule has 1 aromatic carbocycles. The van der Waals surface area contributed by atoms with Crippen LogP contribution in [0, 0.1) is 17.5 Å². The molecule has 2 aliphatic rings. The van der Waals surface area contributed by atoms with Crippen LogP contribution in [0.4, 0.5) is 19.0 Å². The molecule has 3 aromatic rings. The van der Waals surface area contributed by atoms with Crippen LogP contribution in [0.2, 0.25) is 0 Å². The van der Waals surface area contributed by atoms with E-state index in [4.69, 9.17) is 0 Å². The second-order valence-corrected chi connectivity index (χ2v) is 9.56. The van der Waals surface area contributed by atoms with Crippen LogP contribution < -0.4 is 5.32 Å². The van der Waals surface area contributed by atoms with Crippen molar-refractivity contribution in [2.75, 3.05) is 25.0 Å². The average molecular weight is 447 g/mol. The number of piperidine rings is 1. The van der Waals surface area contributed by atoms with Gasteiger partial charge in [-0.25, -0.2) is 23.1 Å². The van der Waals surface area contributed by atoms with Gasteiger partial charge >= 0.3 is 0 Å². The molecule has 5 rings (SSSR count). The smallest absolute Gasteiger partial charge is 0.138 e. The summed E-state index contributed by atoms with van der Waals surface area (Å²) in [5, 5.41) is 4.85. The maximum Gasteiger partial charge on any atom is 0.138 e. The topological polar surface area (TPSA) is 41.0 Å². The van der Waals surface area contributed by atoms with Gasteiger partial charge in [0, 0.05) is 48.2 Å². The molecular weight excluding hydrogens is 421 g/mol. The maximum atomic E-state index is 13.9. The number of likely N-dealkylation sites (tertiary alicyclic amines) is 1. The maximum absolute atomic E-state index is 13.9. The van der Waals surface area contributed by atoms with Crippen molar-refractivity contribution in [3.8, 4) is 0 Å². The van der Waals surface area contributed by atoms with Crippen molar-refractivity contribution < 1.29 is 13.2 Å². The van der Waals surface area contributed by atoms with Crippen molar-refractivity contribution in [3.05, 3.63) is 51.9 Å². The zero-order valence-electron chi connectivity index (χ0n) is 17.3. The molecule has 164 valence electrons. The van der Waals surface area contributed by atoms with Crippen molar-refractivity contribution in [2.45, 2.75) is 51.0 Å². The Morgan fingerprint density at radius 1 is 1.03 bits per heavy atom. The van der Waals surface area contributed by atoms with Gasteiger partial charge in [-0.2, -0.15) is 0 Å². The number of aryl methyl sites for hydroxylation is 2. The van der Waals surface area contributed by atoms with E-state index in [1.807, 2.05) is 0 Å². The van der Waals surface area contributed by atoms with Gasteiger partial charge in [0.1, 0.15) is 34.4 Å². The van der Waals surface area contributed by atoms with Crippen molar-refractivity contribution in [2.24, 2.45) is 0 Å². The van der Waals surface area contributed by atoms with Gasteiger partial charge in [0.05, 0.1) is 5.39 Å². The Labute approximate surface area is 183 Å². The molecule has 0 bridgehead atoms. The van der Waals surface area contributed by atoms with E-state index in [1.165, 1.54) is 28.7 Å². The molecule has 4 nitrogen and oxygen atoms in total. The number of hydrogen-bond donors (Lipinski definition) is 1. The van der Waals surface area contributed by atoms with Crippen LogP contribution in [0.5, 0.6) is 0 Å². The zero-order chi connectivity index (χ0) is 21.4. The largest absolute Gasteiger partial charge is 0.367 e. The van der Waals surface area contributed by atoms with E-state index in [0.717, 1.165) is 61.6 Å². The third-order valence-corrected chi connectivity index (χ3v) is 7.66. The zero-order valence-corrected chi connectivity index (χ0v) is 18.1. The third kappa shape index (κ3) is 4.28. The van der Waals surface area contributed by atoms with Gasteiger partial charge in [-0.1, -0.05) is 0 Å². The fourth-order valence-electron chi connectivity index (χ4n) is 4.77. The molecule has 1 saturated heterocycles. The Kier molecular flexibility index (Phi) is 5.84. The van der Waals surface area contributed by atoms with Crippen molar-refractivity contribution in [1.82, 2.24) is 14.9 Å². The summed E-state index contributed by atoms with van der Waals surface area (Å²) in [6, 6.07) is 1.81. The normalized spacial score (nSPS) is 17.8. The molecule has 0 unspecified atom stereocenters. The quantitative estimate of drug-likeness (QED) is 0.592. The minimum atomic E-state index is -0.878. The number of fused-ring (bicyclic) bond motifs is 3. The summed E-state index contributed by atoms with van der Waals surface area (Å²) in [7, 11) is 0. The Morgan fingerprint density at radius 3 is 2.55 bits per heavy atom. The van der Waals surface area contributed by atoms with Crippen LogP contribution in [-0.2, 0) is 19.3 Å². The lowest BCUT2D eigenvalue weighted by Gasteiger charge is -2.32. The van der Waals surface area contributed by atoms with E-state index < -0.39 is 17.5 Å². The summed E-state index contributed by atoms with van der Waals surface area (Å²) in [6.45, 7) is 2.25. The first-order valence-corrected chi connectivity index (χ1v) is 11.8. The number of nitrogens with zero attached hydrogens (tertiary/aromatic N) is 3. The molecule has 3 heterocycles. The number of rotatable bonds is 5. The summed E-state index contributed by atoms with van der Waals surface area (Å²) in [6.07, 6.45) is 8.48. The first-order chi connectivity index (χ1) is 15.1. The Balaban J connectivity index is 1.21. The standard InChI is InChI=1S/C23H25F3N4S/c24-14-11-18(25)16(19(26)12-14)7-10-30-8-5-15(6-9-30)29-22-21-17-3-1-2-4-20(17)31-23(21)28-13-27-22/h11-13,15H,1-10H2,(H,27,28,29). The van der Waals surface area contributed by atoms with E-state index in [9.17, 15) is 13.2 Å². The van der Waals surface area contributed by atoms with Crippen LogP contribution in [-0.4, -0.2) is 40.5 Å². The fraction of sp³-hybridized carbons (Fsp3) is 0.478. The number of benzene rings is 1. The number of hydrogen-bond acceptors (Lipinski definition) is 5. The van der Waals surface area contributed by atoms with E-state index in [-0.39, 0.29) is 12.0 Å². The molecule has 31 heavy (non-hydrogen) atoms. The first-order valence-electron chi connectivity index (χ1n) is 11.0. The third-order valence-electron chi connectivity index (χ3n) is 6.46. The Bertz CT molecular complexity index is 1070. The van der Waals surface area contributed by atoms with E-state index >= 15 is 0 Å². The first kappa shape index (κ1) is 20.7. The van der Waals surface area contributed by atoms with Gasteiger partial charge in [-0.15, -0.1) is 11.3 Å². The summed E-state index contributed by atoms with van der Waals surface area (Å²) >= 11 is 1.80. The molecule has 0 spiro atoms. The number of aromatic nitrogens is 2. The molecule has 8 heteroatoms. The second-order valence-electron chi connectivity index (χ2n) is 8.47. The Hall–Kier alpha value is -2.19. The van der Waals surface area contributed by atoms with Crippen LogP contribution in [0.15, 0.2) is 18.5 Å². The van der Waals surface area contributed by atoms with Gasteiger partial charge < -0.3 is 10.2 Å². The Morgan fingerprint density at radius 2 is 1.77 bits per heavy atom. The van der Waals surface area contributed by atoms with E-state index in [0.29, 0.717) is 12.6 Å². The predicted octanol–water partition coefficient (Wildman–Crippen LogP) is 5.11. The number of anilines is 1. The van der Waals surface area contributed by atoms with Crippen LogP contribution in [0.25, 0.3) is 10.2 Å². The van der Waals surface area contributed by atoms with E-state index in [2.05, 4.69) is 20.2 Å².